The Morgan fingerprint density at radius 3 is 2.85 bits per heavy atom. The molecule has 0 aromatic heterocycles. The van der Waals surface area contributed by atoms with Gasteiger partial charge < -0.3 is 14.5 Å². The van der Waals surface area contributed by atoms with Crippen molar-refractivity contribution < 1.29 is 22.7 Å². The Morgan fingerprint density at radius 1 is 1.38 bits per heavy atom. The molecule has 0 saturated carbocycles. The average Bonchev–Trinajstić information content (AvgIpc) is 2.60. The molecule has 1 unspecified atom stereocenters. The van der Waals surface area contributed by atoms with Gasteiger partial charge in [-0.25, -0.2) is 0 Å². The second kappa shape index (κ2) is 9.37. The highest BCUT2D eigenvalue weighted by Crippen LogP contribution is 2.29. The number of methoxy groups -OCH3 is 1. The number of carbonyl (C=O) groups excluding carboxylic acids is 1. The maximum absolute atomic E-state index is 12.8. The summed E-state index contributed by atoms with van der Waals surface area (Å²) in [6.07, 6.45) is -1.61. The molecule has 1 fully saturated rings. The molecule has 1 amide bonds. The van der Waals surface area contributed by atoms with E-state index in [0.717, 1.165) is 38.5 Å². The fourth-order valence-corrected chi connectivity index (χ4v) is 3.42. The molecular weight excluding hydrogens is 345 g/mol. The second-order valence-corrected chi connectivity index (χ2v) is 6.96. The van der Waals surface area contributed by atoms with Crippen LogP contribution in [-0.2, 0) is 22.1 Å². The van der Waals surface area contributed by atoms with Crippen LogP contribution in [0.25, 0.3) is 0 Å². The first-order valence-electron chi connectivity index (χ1n) is 8.91. The van der Waals surface area contributed by atoms with E-state index in [1.165, 1.54) is 19.2 Å². The average molecular weight is 372 g/mol. The second-order valence-electron chi connectivity index (χ2n) is 6.96. The van der Waals surface area contributed by atoms with Crippen molar-refractivity contribution >= 4 is 5.91 Å². The number of likely N-dealkylation sites (N-methyl/N-ethyl adjacent to an activating group) is 1. The molecule has 1 aliphatic heterocycles. The third-order valence-electron chi connectivity index (χ3n) is 4.80. The van der Waals surface area contributed by atoms with Crippen molar-refractivity contribution in [2.24, 2.45) is 5.92 Å². The largest absolute Gasteiger partial charge is 0.416 e. The monoisotopic (exact) mass is 372 g/mol. The normalized spacial score (nSPS) is 18.7. The fraction of sp³-hybridized carbons (Fsp3) is 0.632. The van der Waals surface area contributed by atoms with Crippen LogP contribution in [0.3, 0.4) is 0 Å². The third-order valence-corrected chi connectivity index (χ3v) is 4.80. The number of alkyl halides is 3. The topological polar surface area (TPSA) is 32.8 Å². The van der Waals surface area contributed by atoms with E-state index < -0.39 is 11.7 Å². The van der Waals surface area contributed by atoms with Crippen LogP contribution >= 0.6 is 0 Å². The third kappa shape index (κ3) is 6.29. The van der Waals surface area contributed by atoms with E-state index in [9.17, 15) is 18.0 Å². The Bertz CT molecular complexity index is 592. The zero-order chi connectivity index (χ0) is 19.2. The Morgan fingerprint density at radius 2 is 2.15 bits per heavy atom. The lowest BCUT2D eigenvalue weighted by Gasteiger charge is -2.34. The van der Waals surface area contributed by atoms with Crippen molar-refractivity contribution in [1.29, 1.82) is 0 Å². The number of hydrogen-bond donors (Lipinski definition) is 0. The summed E-state index contributed by atoms with van der Waals surface area (Å²) in [6, 6.07) is 5.55. The van der Waals surface area contributed by atoms with E-state index in [2.05, 4.69) is 4.90 Å². The molecule has 146 valence electrons. The lowest BCUT2D eigenvalue weighted by molar-refractivity contribution is -0.137. The highest BCUT2D eigenvalue weighted by molar-refractivity contribution is 5.77. The number of likely N-dealkylation sites (tertiary alicyclic amines) is 1. The molecule has 0 aliphatic carbocycles. The minimum Gasteiger partial charge on any atom is -0.375 e. The maximum Gasteiger partial charge on any atom is 0.416 e. The van der Waals surface area contributed by atoms with Gasteiger partial charge in [0.05, 0.1) is 5.56 Å². The molecule has 4 nitrogen and oxygen atoms in total. The van der Waals surface area contributed by atoms with Crippen LogP contribution in [0.4, 0.5) is 13.2 Å². The molecule has 0 N–H and O–H groups in total. The lowest BCUT2D eigenvalue weighted by atomic mass is 9.97. The molecule has 7 heteroatoms. The molecule has 1 aromatic rings. The Kier molecular flexibility index (Phi) is 7.46. The molecule has 1 atom stereocenters. The first-order valence-corrected chi connectivity index (χ1v) is 8.91. The van der Waals surface area contributed by atoms with Gasteiger partial charge in [0.15, 0.2) is 0 Å². The molecule has 26 heavy (non-hydrogen) atoms. The van der Waals surface area contributed by atoms with Crippen LogP contribution in [0.1, 0.15) is 24.0 Å². The van der Waals surface area contributed by atoms with Gasteiger partial charge >= 0.3 is 6.18 Å². The zero-order valence-corrected chi connectivity index (χ0v) is 15.4. The highest BCUT2D eigenvalue weighted by atomic mass is 19.4. The van der Waals surface area contributed by atoms with E-state index in [0.29, 0.717) is 24.4 Å². The molecule has 1 aromatic carbocycles. The Hall–Kier alpha value is -1.60. The van der Waals surface area contributed by atoms with Crippen molar-refractivity contribution in [1.82, 2.24) is 9.80 Å². The van der Waals surface area contributed by atoms with Crippen molar-refractivity contribution in [2.75, 3.05) is 46.9 Å². The van der Waals surface area contributed by atoms with Crippen LogP contribution in [0.5, 0.6) is 0 Å². The summed E-state index contributed by atoms with van der Waals surface area (Å²) >= 11 is 0. The first kappa shape index (κ1) is 20.7. The van der Waals surface area contributed by atoms with E-state index in [1.54, 1.807) is 18.0 Å². The minimum atomic E-state index is -4.30. The summed E-state index contributed by atoms with van der Waals surface area (Å²) < 4.78 is 43.3. The fourth-order valence-electron chi connectivity index (χ4n) is 3.42. The van der Waals surface area contributed by atoms with Crippen molar-refractivity contribution in [3.8, 4) is 0 Å². The van der Waals surface area contributed by atoms with E-state index in [-0.39, 0.29) is 12.5 Å². The highest BCUT2D eigenvalue weighted by Gasteiger charge is 2.30. The van der Waals surface area contributed by atoms with Gasteiger partial charge in [-0.2, -0.15) is 13.2 Å². The van der Waals surface area contributed by atoms with Gasteiger partial charge in [-0.05, 0) is 43.4 Å². The summed E-state index contributed by atoms with van der Waals surface area (Å²) in [5.74, 6) is 0.352. The van der Waals surface area contributed by atoms with E-state index >= 15 is 0 Å². The summed E-state index contributed by atoms with van der Waals surface area (Å²) in [5, 5.41) is 0. The van der Waals surface area contributed by atoms with Gasteiger partial charge in [0.2, 0.25) is 5.91 Å². The number of amides is 1. The van der Waals surface area contributed by atoms with Crippen LogP contribution in [-0.4, -0.2) is 62.7 Å². The Balaban J connectivity index is 1.84. The Labute approximate surface area is 152 Å². The van der Waals surface area contributed by atoms with Crippen LogP contribution in [0.2, 0.25) is 0 Å². The van der Waals surface area contributed by atoms with Gasteiger partial charge in [-0.3, -0.25) is 4.79 Å². The number of ether oxygens (including phenoxy) is 1. The molecule has 1 aliphatic rings. The SMILES string of the molecule is COCC(=O)N(C)CC1CCCN(CCc2cccc(C(F)(F)F)c2)C1. The zero-order valence-electron chi connectivity index (χ0n) is 15.4. The van der Waals surface area contributed by atoms with E-state index in [1.807, 2.05) is 0 Å². The van der Waals surface area contributed by atoms with Crippen LogP contribution in [0, 0.1) is 5.92 Å². The van der Waals surface area contributed by atoms with Crippen molar-refractivity contribution in [2.45, 2.75) is 25.4 Å². The quantitative estimate of drug-likeness (QED) is 0.738. The van der Waals surface area contributed by atoms with Gasteiger partial charge in [-0.15, -0.1) is 0 Å². The molecule has 2 rings (SSSR count). The number of nitrogens with zero attached hydrogens (tertiary/aromatic N) is 2. The van der Waals surface area contributed by atoms with E-state index in [4.69, 9.17) is 4.74 Å². The first-order chi connectivity index (χ1) is 12.3. The molecule has 0 radical (unpaired) electrons. The number of hydrogen-bond acceptors (Lipinski definition) is 3. The van der Waals surface area contributed by atoms with Crippen LogP contribution in [0.15, 0.2) is 24.3 Å². The van der Waals surface area contributed by atoms with Gasteiger partial charge in [0.1, 0.15) is 6.61 Å². The smallest absolute Gasteiger partial charge is 0.375 e. The summed E-state index contributed by atoms with van der Waals surface area (Å²) in [6.45, 7) is 3.31. The van der Waals surface area contributed by atoms with Crippen molar-refractivity contribution in [3.63, 3.8) is 0 Å². The minimum absolute atomic E-state index is 0.0337. The molecule has 1 heterocycles. The van der Waals surface area contributed by atoms with Gasteiger partial charge in [0.25, 0.3) is 0 Å². The molecule has 0 spiro atoms. The number of carbonyl (C=O) groups is 1. The molecule has 0 bridgehead atoms. The van der Waals surface area contributed by atoms with Crippen molar-refractivity contribution in [3.05, 3.63) is 35.4 Å². The standard InChI is InChI=1S/C19H27F3N2O2/c1-23(18(25)14-26-2)12-16-6-4-9-24(13-16)10-8-15-5-3-7-17(11-15)19(20,21)22/h3,5,7,11,16H,4,6,8-10,12-14H2,1-2H3. The number of benzene rings is 1. The maximum atomic E-state index is 12.8. The molecule has 1 saturated heterocycles. The number of piperidine rings is 1. The summed E-state index contributed by atoms with van der Waals surface area (Å²) in [5.41, 5.74) is 0.110. The predicted molar refractivity (Wildman–Crippen MR) is 93.8 cm³/mol. The number of halogens is 3. The predicted octanol–water partition coefficient (Wildman–Crippen LogP) is 3.06. The van der Waals surface area contributed by atoms with Gasteiger partial charge in [-0.1, -0.05) is 18.2 Å². The summed E-state index contributed by atoms with van der Waals surface area (Å²) in [4.78, 5) is 15.8. The number of rotatable bonds is 7. The summed E-state index contributed by atoms with van der Waals surface area (Å²) in [7, 11) is 3.28. The van der Waals surface area contributed by atoms with Crippen LogP contribution < -0.4 is 0 Å². The molecular formula is C19H27F3N2O2. The van der Waals surface area contributed by atoms with Gasteiger partial charge in [0, 0.05) is 33.8 Å². The lowest BCUT2D eigenvalue weighted by Crippen LogP contribution is -2.42.